The largest absolute Gasteiger partial charge is 0.481 e. The Morgan fingerprint density at radius 3 is 2.62 bits per heavy atom. The average molecular weight is 583 g/mol. The van der Waals surface area contributed by atoms with Crippen molar-refractivity contribution in [2.24, 2.45) is 0 Å². The average Bonchev–Trinajstić information content (AvgIpc) is 3.48. The number of carboxylic acids is 1. The molecule has 0 unspecified atom stereocenters. The predicted molar refractivity (Wildman–Crippen MR) is 141 cm³/mol. The van der Waals surface area contributed by atoms with Gasteiger partial charge in [0.1, 0.15) is 5.54 Å². The van der Waals surface area contributed by atoms with Gasteiger partial charge in [0.05, 0.1) is 38.1 Å². The maximum Gasteiger partial charge on any atom is 0.418 e. The van der Waals surface area contributed by atoms with Gasteiger partial charge in [0.2, 0.25) is 0 Å². The standard InChI is InChI=1S/C24H22ClF3N6O4S/c1-23(2,33-11-5-6-15(25)12(8-11)20(37)29-7-3-4-17(35)36)21(38)32-22-31-18-14(24(26,27)28)9-16-13(10-30-34-16)19(18)39-22/h5-6,8-10,33H,3-4,7H2,1-2H3,(H,29,37)(H,30,34)(H,35,36)(H,31,32,38). The number of carbonyl (C=O) groups excluding carboxylic acids is 2. The molecule has 0 bridgehead atoms. The fourth-order valence-electron chi connectivity index (χ4n) is 3.74. The van der Waals surface area contributed by atoms with Crippen LogP contribution < -0.4 is 16.0 Å². The Balaban J connectivity index is 1.52. The summed E-state index contributed by atoms with van der Waals surface area (Å²) in [5, 5.41) is 23.8. The molecule has 10 nitrogen and oxygen atoms in total. The number of carbonyl (C=O) groups is 3. The Bertz CT molecular complexity index is 1580. The van der Waals surface area contributed by atoms with Crippen LogP contribution in [0, 0.1) is 0 Å². The number of H-pyrrole nitrogens is 1. The molecule has 2 aromatic carbocycles. The van der Waals surface area contributed by atoms with Crippen LogP contribution in [0.5, 0.6) is 0 Å². The zero-order valence-corrected chi connectivity index (χ0v) is 22.1. The van der Waals surface area contributed by atoms with Gasteiger partial charge in [-0.05, 0) is 44.5 Å². The van der Waals surface area contributed by atoms with Gasteiger partial charge in [-0.2, -0.15) is 18.3 Å². The van der Waals surface area contributed by atoms with Gasteiger partial charge in [0.25, 0.3) is 11.8 Å². The molecule has 0 aliphatic rings. The van der Waals surface area contributed by atoms with Gasteiger partial charge in [-0.1, -0.05) is 22.9 Å². The van der Waals surface area contributed by atoms with E-state index in [2.05, 4.69) is 31.1 Å². The highest BCUT2D eigenvalue weighted by molar-refractivity contribution is 7.23. The number of hydrogen-bond donors (Lipinski definition) is 5. The SMILES string of the molecule is CC(C)(Nc1ccc(Cl)c(C(=O)NCCCC(=O)O)c1)C(=O)Nc1nc2c(C(F)(F)F)cc3[nH]ncc3c2s1. The molecule has 0 saturated carbocycles. The highest BCUT2D eigenvalue weighted by atomic mass is 35.5. The lowest BCUT2D eigenvalue weighted by Gasteiger charge is -2.26. The Morgan fingerprint density at radius 2 is 1.92 bits per heavy atom. The molecule has 206 valence electrons. The lowest BCUT2D eigenvalue weighted by Crippen LogP contribution is -2.44. The number of hydrogen-bond acceptors (Lipinski definition) is 7. The number of fused-ring (bicyclic) bond motifs is 3. The topological polar surface area (TPSA) is 149 Å². The number of thiazole rings is 1. The zero-order chi connectivity index (χ0) is 28.5. The van der Waals surface area contributed by atoms with Crippen LogP contribution in [-0.4, -0.2) is 50.2 Å². The second kappa shape index (κ2) is 10.7. The highest BCUT2D eigenvalue weighted by Crippen LogP contribution is 2.41. The van der Waals surface area contributed by atoms with Gasteiger partial charge in [-0.25, -0.2) is 4.98 Å². The number of aliphatic carboxylic acids is 1. The maximum absolute atomic E-state index is 13.7. The number of aromatic nitrogens is 3. The van der Waals surface area contributed by atoms with E-state index in [9.17, 15) is 27.6 Å². The third-order valence-electron chi connectivity index (χ3n) is 5.70. The summed E-state index contributed by atoms with van der Waals surface area (Å²) in [6.45, 7) is 3.23. The first-order valence-electron chi connectivity index (χ1n) is 11.5. The molecule has 4 aromatic rings. The van der Waals surface area contributed by atoms with Crippen LogP contribution in [-0.2, 0) is 15.8 Å². The molecule has 0 spiro atoms. The summed E-state index contributed by atoms with van der Waals surface area (Å²) in [6.07, 6.45) is -3.12. The minimum absolute atomic E-state index is 0.0263. The molecule has 4 rings (SSSR count). The minimum Gasteiger partial charge on any atom is -0.481 e. The van der Waals surface area contributed by atoms with Crippen molar-refractivity contribution in [3.05, 3.63) is 46.6 Å². The summed E-state index contributed by atoms with van der Waals surface area (Å²) in [7, 11) is 0. The van der Waals surface area contributed by atoms with Gasteiger partial charge in [0, 0.05) is 24.0 Å². The second-order valence-corrected chi connectivity index (χ2v) is 10.5. The van der Waals surface area contributed by atoms with E-state index in [4.69, 9.17) is 16.7 Å². The number of amides is 2. The van der Waals surface area contributed by atoms with Gasteiger partial charge < -0.3 is 15.7 Å². The Labute approximate surface area is 227 Å². The molecule has 0 atom stereocenters. The summed E-state index contributed by atoms with van der Waals surface area (Å²) >= 11 is 7.05. The maximum atomic E-state index is 13.7. The van der Waals surface area contributed by atoms with E-state index >= 15 is 0 Å². The molecule has 2 aromatic heterocycles. The second-order valence-electron chi connectivity index (χ2n) is 9.10. The van der Waals surface area contributed by atoms with Crippen molar-refractivity contribution in [1.29, 1.82) is 0 Å². The molecule has 0 saturated heterocycles. The van der Waals surface area contributed by atoms with Gasteiger partial charge in [0.15, 0.2) is 5.13 Å². The Hall–Kier alpha value is -3.91. The zero-order valence-electron chi connectivity index (χ0n) is 20.5. The summed E-state index contributed by atoms with van der Waals surface area (Å²) in [4.78, 5) is 40.3. The fraction of sp³-hybridized carbons (Fsp3) is 0.292. The van der Waals surface area contributed by atoms with E-state index in [1.165, 1.54) is 18.3 Å². The number of alkyl halides is 3. The van der Waals surface area contributed by atoms with E-state index in [1.807, 2.05) is 0 Å². The molecule has 0 radical (unpaired) electrons. The molecule has 39 heavy (non-hydrogen) atoms. The smallest absolute Gasteiger partial charge is 0.418 e. The van der Waals surface area contributed by atoms with E-state index < -0.39 is 35.1 Å². The molecule has 5 N–H and O–H groups in total. The number of halogens is 4. The van der Waals surface area contributed by atoms with Crippen LogP contribution in [0.3, 0.4) is 0 Å². The predicted octanol–water partition coefficient (Wildman–Crippen LogP) is 5.27. The van der Waals surface area contributed by atoms with Crippen LogP contribution in [0.1, 0.15) is 42.6 Å². The van der Waals surface area contributed by atoms with Crippen molar-refractivity contribution in [2.75, 3.05) is 17.2 Å². The fourth-order valence-corrected chi connectivity index (χ4v) is 4.94. The number of carboxylic acid groups (broad SMARTS) is 1. The number of rotatable bonds is 9. The normalized spacial score (nSPS) is 12.1. The van der Waals surface area contributed by atoms with Gasteiger partial charge in [-0.15, -0.1) is 0 Å². The van der Waals surface area contributed by atoms with Crippen molar-refractivity contribution in [3.8, 4) is 0 Å². The molecular weight excluding hydrogens is 561 g/mol. The van der Waals surface area contributed by atoms with Gasteiger partial charge in [-0.3, -0.25) is 24.8 Å². The third kappa shape index (κ3) is 6.23. The van der Waals surface area contributed by atoms with Crippen molar-refractivity contribution in [3.63, 3.8) is 0 Å². The molecule has 0 aliphatic heterocycles. The first-order valence-corrected chi connectivity index (χ1v) is 12.7. The number of nitrogens with one attached hydrogen (secondary N) is 4. The van der Waals surface area contributed by atoms with E-state index in [0.29, 0.717) is 11.1 Å². The number of nitrogens with zero attached hydrogens (tertiary/aromatic N) is 2. The molecule has 0 fully saturated rings. The summed E-state index contributed by atoms with van der Waals surface area (Å²) < 4.78 is 41.2. The first-order chi connectivity index (χ1) is 18.3. The molecular formula is C24H22ClF3N6O4S. The number of aromatic amines is 1. The molecule has 0 aliphatic carbocycles. The van der Waals surface area contributed by atoms with Crippen molar-refractivity contribution < 1.29 is 32.7 Å². The molecule has 2 amide bonds. The Kier molecular flexibility index (Phi) is 7.70. The first kappa shape index (κ1) is 28.1. The van der Waals surface area contributed by atoms with Crippen LogP contribution in [0.15, 0.2) is 30.5 Å². The third-order valence-corrected chi connectivity index (χ3v) is 7.03. The van der Waals surface area contributed by atoms with Crippen molar-refractivity contribution in [1.82, 2.24) is 20.5 Å². The number of benzene rings is 2. The van der Waals surface area contributed by atoms with E-state index in [1.54, 1.807) is 19.9 Å². The van der Waals surface area contributed by atoms with Crippen molar-refractivity contribution in [2.45, 2.75) is 38.4 Å². The number of anilines is 2. The summed E-state index contributed by atoms with van der Waals surface area (Å²) in [5.41, 5.74) is -1.85. The van der Waals surface area contributed by atoms with E-state index in [-0.39, 0.29) is 50.8 Å². The molecule has 15 heteroatoms. The highest BCUT2D eigenvalue weighted by Gasteiger charge is 2.36. The quantitative estimate of drug-likeness (QED) is 0.169. The summed E-state index contributed by atoms with van der Waals surface area (Å²) in [5.74, 6) is -2.08. The van der Waals surface area contributed by atoms with Crippen LogP contribution in [0.2, 0.25) is 5.02 Å². The van der Waals surface area contributed by atoms with Gasteiger partial charge >= 0.3 is 12.1 Å². The lowest BCUT2D eigenvalue weighted by atomic mass is 10.0. The molecule has 2 heterocycles. The van der Waals surface area contributed by atoms with Crippen LogP contribution in [0.25, 0.3) is 21.1 Å². The van der Waals surface area contributed by atoms with Crippen LogP contribution in [0.4, 0.5) is 24.0 Å². The minimum atomic E-state index is -4.66. The summed E-state index contributed by atoms with van der Waals surface area (Å²) in [6, 6.07) is 5.39. The Morgan fingerprint density at radius 1 is 1.18 bits per heavy atom. The van der Waals surface area contributed by atoms with Crippen LogP contribution >= 0.6 is 22.9 Å². The monoisotopic (exact) mass is 582 g/mol. The van der Waals surface area contributed by atoms with E-state index in [0.717, 1.165) is 17.4 Å². The van der Waals surface area contributed by atoms with Crippen molar-refractivity contribution >= 4 is 72.7 Å². The lowest BCUT2D eigenvalue weighted by molar-refractivity contribution is -0.137.